The molecule has 1 aromatic carbocycles. The summed E-state index contributed by atoms with van der Waals surface area (Å²) in [5.41, 5.74) is 7.23. The molecule has 0 saturated carbocycles. The van der Waals surface area contributed by atoms with Crippen LogP contribution in [-0.2, 0) is 6.42 Å². The predicted octanol–water partition coefficient (Wildman–Crippen LogP) is 3.16. The fourth-order valence-corrected chi connectivity index (χ4v) is 1.77. The normalized spacial score (nSPS) is 10.4. The molecule has 3 N–H and O–H groups in total. The van der Waals surface area contributed by atoms with E-state index in [9.17, 15) is 4.39 Å². The molecule has 0 aliphatic rings. The van der Waals surface area contributed by atoms with Crippen LogP contribution in [0.1, 0.15) is 12.5 Å². The van der Waals surface area contributed by atoms with E-state index in [1.165, 1.54) is 18.5 Å². The summed E-state index contributed by atoms with van der Waals surface area (Å²) >= 11 is 5.71. The largest absolute Gasteiger partial charge is 0.383 e. The average Bonchev–Trinajstić information content (AvgIpc) is 2.34. The summed E-state index contributed by atoms with van der Waals surface area (Å²) in [6, 6.07) is 4.37. The topological polar surface area (TPSA) is 63.8 Å². The molecule has 0 saturated heterocycles. The van der Waals surface area contributed by atoms with Gasteiger partial charge in [0.15, 0.2) is 0 Å². The molecular formula is C12H12ClFN4. The summed E-state index contributed by atoms with van der Waals surface area (Å²) in [5, 5.41) is 3.11. The average molecular weight is 267 g/mol. The summed E-state index contributed by atoms with van der Waals surface area (Å²) in [6.07, 6.45) is 2.08. The summed E-state index contributed by atoms with van der Waals surface area (Å²) in [6.45, 7) is 1.96. The van der Waals surface area contributed by atoms with Gasteiger partial charge in [-0.25, -0.2) is 14.4 Å². The van der Waals surface area contributed by atoms with Crippen LogP contribution in [0.4, 0.5) is 21.7 Å². The van der Waals surface area contributed by atoms with Crippen LogP contribution in [0.5, 0.6) is 0 Å². The number of nitrogens with zero attached hydrogens (tertiary/aromatic N) is 2. The van der Waals surface area contributed by atoms with Crippen molar-refractivity contribution in [2.75, 3.05) is 11.1 Å². The van der Waals surface area contributed by atoms with Crippen molar-refractivity contribution >= 4 is 28.9 Å². The van der Waals surface area contributed by atoms with Crippen molar-refractivity contribution in [2.24, 2.45) is 0 Å². The molecule has 18 heavy (non-hydrogen) atoms. The summed E-state index contributed by atoms with van der Waals surface area (Å²) in [4.78, 5) is 8.04. The minimum Gasteiger partial charge on any atom is -0.383 e. The zero-order valence-electron chi connectivity index (χ0n) is 9.74. The molecule has 0 aliphatic carbocycles. The number of nitrogens with one attached hydrogen (secondary N) is 1. The Hall–Kier alpha value is -1.88. The van der Waals surface area contributed by atoms with Crippen LogP contribution < -0.4 is 11.1 Å². The monoisotopic (exact) mass is 266 g/mol. The second-order valence-corrected chi connectivity index (χ2v) is 4.10. The highest BCUT2D eigenvalue weighted by Gasteiger charge is 2.08. The van der Waals surface area contributed by atoms with Gasteiger partial charge in [0.25, 0.3) is 0 Å². The fraction of sp³-hybridized carbons (Fsp3) is 0.167. The van der Waals surface area contributed by atoms with E-state index in [-0.39, 0.29) is 5.02 Å². The third-order valence-electron chi connectivity index (χ3n) is 2.51. The van der Waals surface area contributed by atoms with E-state index in [0.29, 0.717) is 23.7 Å². The highest BCUT2D eigenvalue weighted by Crippen LogP contribution is 2.25. The fourth-order valence-electron chi connectivity index (χ4n) is 1.59. The van der Waals surface area contributed by atoms with Crippen LogP contribution in [0.2, 0.25) is 5.02 Å². The van der Waals surface area contributed by atoms with E-state index in [1.807, 2.05) is 6.92 Å². The molecule has 0 amide bonds. The quantitative estimate of drug-likeness (QED) is 0.896. The van der Waals surface area contributed by atoms with E-state index in [2.05, 4.69) is 15.3 Å². The van der Waals surface area contributed by atoms with Gasteiger partial charge in [-0.1, -0.05) is 18.5 Å². The molecule has 0 unspecified atom stereocenters. The molecule has 6 heteroatoms. The third-order valence-corrected chi connectivity index (χ3v) is 2.80. The Labute approximate surface area is 109 Å². The lowest BCUT2D eigenvalue weighted by atomic mass is 10.2. The molecule has 2 aromatic rings. The minimum absolute atomic E-state index is 0.0556. The first-order valence-electron chi connectivity index (χ1n) is 5.43. The van der Waals surface area contributed by atoms with Gasteiger partial charge >= 0.3 is 0 Å². The maximum Gasteiger partial charge on any atom is 0.141 e. The van der Waals surface area contributed by atoms with Gasteiger partial charge in [0, 0.05) is 11.3 Å². The van der Waals surface area contributed by atoms with Gasteiger partial charge < -0.3 is 11.1 Å². The molecule has 0 fully saturated rings. The summed E-state index contributed by atoms with van der Waals surface area (Å²) < 4.78 is 13.0. The number of rotatable bonds is 3. The number of halogens is 2. The zero-order chi connectivity index (χ0) is 13.1. The van der Waals surface area contributed by atoms with Gasteiger partial charge in [-0.2, -0.15) is 0 Å². The summed E-state index contributed by atoms with van der Waals surface area (Å²) in [7, 11) is 0. The van der Waals surface area contributed by atoms with Gasteiger partial charge in [-0.15, -0.1) is 0 Å². The molecule has 94 valence electrons. The Morgan fingerprint density at radius 3 is 2.83 bits per heavy atom. The van der Waals surface area contributed by atoms with Crippen molar-refractivity contribution in [3.63, 3.8) is 0 Å². The van der Waals surface area contributed by atoms with E-state index >= 15 is 0 Å². The maximum atomic E-state index is 13.0. The predicted molar refractivity (Wildman–Crippen MR) is 70.5 cm³/mol. The molecule has 0 bridgehead atoms. The number of nitrogens with two attached hydrogens (primary N) is 1. The van der Waals surface area contributed by atoms with Crippen LogP contribution in [-0.4, -0.2) is 9.97 Å². The Morgan fingerprint density at radius 1 is 1.39 bits per heavy atom. The van der Waals surface area contributed by atoms with Crippen molar-refractivity contribution in [2.45, 2.75) is 13.3 Å². The van der Waals surface area contributed by atoms with Crippen molar-refractivity contribution < 1.29 is 4.39 Å². The van der Waals surface area contributed by atoms with E-state index in [1.54, 1.807) is 6.07 Å². The second-order valence-electron chi connectivity index (χ2n) is 3.69. The Morgan fingerprint density at radius 2 is 2.17 bits per heavy atom. The number of hydrogen-bond acceptors (Lipinski definition) is 4. The number of nitrogen functional groups attached to an aromatic ring is 1. The third kappa shape index (κ3) is 2.51. The Kier molecular flexibility index (Phi) is 3.62. The van der Waals surface area contributed by atoms with Crippen LogP contribution >= 0.6 is 11.6 Å². The molecule has 0 aliphatic heterocycles. The van der Waals surface area contributed by atoms with Gasteiger partial charge in [0.05, 0.1) is 5.02 Å². The van der Waals surface area contributed by atoms with Crippen molar-refractivity contribution in [1.82, 2.24) is 9.97 Å². The Bertz CT molecular complexity index is 574. The van der Waals surface area contributed by atoms with Crippen LogP contribution in [0.25, 0.3) is 0 Å². The van der Waals surface area contributed by atoms with Gasteiger partial charge in [0.1, 0.15) is 23.8 Å². The van der Waals surface area contributed by atoms with E-state index < -0.39 is 5.82 Å². The minimum atomic E-state index is -0.458. The second kappa shape index (κ2) is 5.18. The lowest BCUT2D eigenvalue weighted by Gasteiger charge is -2.11. The highest BCUT2D eigenvalue weighted by atomic mass is 35.5. The first-order valence-corrected chi connectivity index (χ1v) is 5.81. The summed E-state index contributed by atoms with van der Waals surface area (Å²) in [5.74, 6) is 0.580. The van der Waals surface area contributed by atoms with Crippen molar-refractivity contribution in [1.29, 1.82) is 0 Å². The van der Waals surface area contributed by atoms with Crippen molar-refractivity contribution in [3.8, 4) is 0 Å². The molecule has 0 spiro atoms. The smallest absolute Gasteiger partial charge is 0.141 e. The molecule has 0 radical (unpaired) electrons. The van der Waals surface area contributed by atoms with Crippen LogP contribution in [0, 0.1) is 5.82 Å². The van der Waals surface area contributed by atoms with E-state index in [0.717, 1.165) is 5.56 Å². The molecule has 1 heterocycles. The first-order chi connectivity index (χ1) is 8.61. The zero-order valence-corrected chi connectivity index (χ0v) is 10.5. The molecule has 2 rings (SSSR count). The van der Waals surface area contributed by atoms with Crippen LogP contribution in [0.15, 0.2) is 24.5 Å². The number of anilines is 3. The molecule has 0 atom stereocenters. The van der Waals surface area contributed by atoms with E-state index in [4.69, 9.17) is 17.3 Å². The van der Waals surface area contributed by atoms with Crippen molar-refractivity contribution in [3.05, 3.63) is 40.9 Å². The molecule has 1 aromatic heterocycles. The standard InChI is InChI=1S/C12H12ClFN4/c1-2-8-11(15)16-6-17-12(8)18-7-3-4-10(14)9(13)5-7/h3-6H,2H2,1H3,(H3,15,16,17,18). The highest BCUT2D eigenvalue weighted by molar-refractivity contribution is 6.31. The number of benzene rings is 1. The van der Waals surface area contributed by atoms with Gasteiger partial charge in [-0.3, -0.25) is 0 Å². The SMILES string of the molecule is CCc1c(N)ncnc1Nc1ccc(F)c(Cl)c1. The van der Waals surface area contributed by atoms with Crippen LogP contribution in [0.3, 0.4) is 0 Å². The maximum absolute atomic E-state index is 13.0. The molecular weight excluding hydrogens is 255 g/mol. The first kappa shape index (κ1) is 12.6. The lowest BCUT2D eigenvalue weighted by Crippen LogP contribution is -2.04. The van der Waals surface area contributed by atoms with Gasteiger partial charge in [0.2, 0.25) is 0 Å². The number of hydrogen-bond donors (Lipinski definition) is 2. The lowest BCUT2D eigenvalue weighted by molar-refractivity contribution is 0.628. The van der Waals surface area contributed by atoms with Gasteiger partial charge in [-0.05, 0) is 24.6 Å². The number of aromatic nitrogens is 2. The molecule has 4 nitrogen and oxygen atoms in total. The Balaban J connectivity index is 2.34.